The van der Waals surface area contributed by atoms with Gasteiger partial charge in [0.15, 0.2) is 0 Å². The van der Waals surface area contributed by atoms with Crippen LogP contribution in [0.2, 0.25) is 0 Å². The van der Waals surface area contributed by atoms with E-state index in [0.29, 0.717) is 12.3 Å². The van der Waals surface area contributed by atoms with Crippen molar-refractivity contribution in [1.82, 2.24) is 0 Å². The summed E-state index contributed by atoms with van der Waals surface area (Å²) in [5, 5.41) is 0. The summed E-state index contributed by atoms with van der Waals surface area (Å²) in [7, 11) is 0. The molecule has 0 aromatic heterocycles. The molecule has 82 valence electrons. The molecule has 15 heavy (non-hydrogen) atoms. The lowest BCUT2D eigenvalue weighted by Crippen LogP contribution is -2.04. The second-order valence-electron chi connectivity index (χ2n) is 3.76. The van der Waals surface area contributed by atoms with Gasteiger partial charge in [-0.2, -0.15) is 0 Å². The molecule has 0 amide bonds. The van der Waals surface area contributed by atoms with Gasteiger partial charge < -0.3 is 0 Å². The van der Waals surface area contributed by atoms with E-state index in [9.17, 15) is 4.39 Å². The quantitative estimate of drug-likeness (QED) is 0.586. The highest BCUT2D eigenvalue weighted by atomic mass is 19.1. The lowest BCUT2D eigenvalue weighted by Gasteiger charge is -2.18. The largest absolute Gasteiger partial charge is 0.251 e. The van der Waals surface area contributed by atoms with E-state index >= 15 is 0 Å². The number of alkyl halides is 1. The summed E-state index contributed by atoms with van der Waals surface area (Å²) in [6.07, 6.45) is 12.9. The van der Waals surface area contributed by atoms with E-state index in [-0.39, 0.29) is 6.67 Å². The Morgan fingerprint density at radius 2 is 2.47 bits per heavy atom. The Morgan fingerprint density at radius 1 is 1.67 bits per heavy atom. The molecule has 0 aromatic rings. The Labute approximate surface area is 91.9 Å². The average molecular weight is 206 g/mol. The highest BCUT2D eigenvalue weighted by Gasteiger charge is 2.12. The van der Waals surface area contributed by atoms with Crippen LogP contribution in [-0.2, 0) is 0 Å². The third-order valence-corrected chi connectivity index (χ3v) is 2.74. The zero-order chi connectivity index (χ0) is 11.1. The molecule has 0 N–H and O–H groups in total. The maximum atomic E-state index is 12.2. The number of allylic oxidation sites excluding steroid dienone is 7. The first-order valence-corrected chi connectivity index (χ1v) is 5.56. The zero-order valence-corrected chi connectivity index (χ0v) is 9.38. The third kappa shape index (κ3) is 3.50. The van der Waals surface area contributed by atoms with Gasteiger partial charge in [0.05, 0.1) is 6.67 Å². The van der Waals surface area contributed by atoms with Crippen LogP contribution in [0.15, 0.2) is 48.1 Å². The average Bonchev–Trinajstić information content (AvgIpc) is 2.27. The van der Waals surface area contributed by atoms with Crippen molar-refractivity contribution in [3.8, 4) is 0 Å². The van der Waals surface area contributed by atoms with Gasteiger partial charge >= 0.3 is 0 Å². The van der Waals surface area contributed by atoms with Crippen LogP contribution < -0.4 is 0 Å². The number of hydrogen-bond acceptors (Lipinski definition) is 0. The number of halogens is 1. The second-order valence-corrected chi connectivity index (χ2v) is 3.76. The smallest absolute Gasteiger partial charge is 0.0934 e. The Kier molecular flexibility index (Phi) is 5.09. The first kappa shape index (κ1) is 12.0. The molecule has 0 aromatic carbocycles. The third-order valence-electron chi connectivity index (χ3n) is 2.74. The van der Waals surface area contributed by atoms with Crippen molar-refractivity contribution in [1.29, 1.82) is 0 Å². The molecule has 0 fully saturated rings. The fraction of sp³-hybridized carbons (Fsp3) is 0.429. The molecule has 1 atom stereocenters. The van der Waals surface area contributed by atoms with Crippen molar-refractivity contribution in [3.05, 3.63) is 48.1 Å². The topological polar surface area (TPSA) is 0 Å². The molecule has 0 spiro atoms. The van der Waals surface area contributed by atoms with Gasteiger partial charge in [-0.3, -0.25) is 4.39 Å². The molecule has 1 aliphatic rings. The van der Waals surface area contributed by atoms with Crippen LogP contribution in [0.4, 0.5) is 4.39 Å². The van der Waals surface area contributed by atoms with E-state index in [2.05, 4.69) is 31.7 Å². The van der Waals surface area contributed by atoms with Crippen molar-refractivity contribution in [2.45, 2.75) is 26.2 Å². The highest BCUT2D eigenvalue weighted by Crippen LogP contribution is 2.27. The summed E-state index contributed by atoms with van der Waals surface area (Å²) < 4.78 is 12.2. The maximum Gasteiger partial charge on any atom is 0.0934 e. The monoisotopic (exact) mass is 206 g/mol. The van der Waals surface area contributed by atoms with Crippen LogP contribution in [0.3, 0.4) is 0 Å². The van der Waals surface area contributed by atoms with Gasteiger partial charge in [-0.25, -0.2) is 0 Å². The summed E-state index contributed by atoms with van der Waals surface area (Å²) in [6, 6.07) is 0. The molecular weight excluding hydrogens is 187 g/mol. The van der Waals surface area contributed by atoms with E-state index in [0.717, 1.165) is 18.4 Å². The van der Waals surface area contributed by atoms with Crippen molar-refractivity contribution < 1.29 is 4.39 Å². The standard InChI is InChI=1S/C14H19F/c1-3-6-13(4-2)14-8-5-7-12(11-14)9-10-15/h3,5-7,11,14H,1,4,8-10H2,2H3/b13-6+. The van der Waals surface area contributed by atoms with Crippen molar-refractivity contribution >= 4 is 0 Å². The molecule has 0 saturated heterocycles. The fourth-order valence-electron chi connectivity index (χ4n) is 1.94. The molecule has 0 aliphatic heterocycles. The molecule has 0 nitrogen and oxygen atoms in total. The van der Waals surface area contributed by atoms with Gasteiger partial charge in [0.2, 0.25) is 0 Å². The first-order valence-electron chi connectivity index (χ1n) is 5.56. The highest BCUT2D eigenvalue weighted by molar-refractivity contribution is 5.30. The predicted octanol–water partition coefficient (Wildman–Crippen LogP) is 4.37. The summed E-state index contributed by atoms with van der Waals surface area (Å²) in [4.78, 5) is 0. The number of hydrogen-bond donors (Lipinski definition) is 0. The van der Waals surface area contributed by atoms with E-state index in [1.54, 1.807) is 0 Å². The lowest BCUT2D eigenvalue weighted by molar-refractivity contribution is 0.494. The van der Waals surface area contributed by atoms with Gasteiger partial charge in [-0.15, -0.1) is 0 Å². The minimum absolute atomic E-state index is 0.268. The Morgan fingerprint density at radius 3 is 3.07 bits per heavy atom. The normalized spacial score (nSPS) is 21.3. The first-order chi connectivity index (χ1) is 7.31. The van der Waals surface area contributed by atoms with Crippen LogP contribution in [0.1, 0.15) is 26.2 Å². The van der Waals surface area contributed by atoms with Crippen molar-refractivity contribution in [2.24, 2.45) is 5.92 Å². The lowest BCUT2D eigenvalue weighted by atomic mass is 9.87. The Balaban J connectivity index is 2.75. The molecule has 1 heteroatoms. The maximum absolute atomic E-state index is 12.2. The summed E-state index contributed by atoms with van der Waals surface area (Å²) in [6.45, 7) is 5.60. The molecule has 0 saturated carbocycles. The fourth-order valence-corrected chi connectivity index (χ4v) is 1.94. The van der Waals surface area contributed by atoms with Gasteiger partial charge in [-0.1, -0.05) is 49.5 Å². The molecule has 1 rings (SSSR count). The Hall–Kier alpha value is -1.11. The van der Waals surface area contributed by atoms with Gasteiger partial charge in [0, 0.05) is 12.3 Å². The van der Waals surface area contributed by atoms with Gasteiger partial charge in [0.1, 0.15) is 0 Å². The SMILES string of the molecule is C=C/C=C(\CC)C1C=C(CCF)C=CC1. The van der Waals surface area contributed by atoms with Crippen LogP contribution >= 0.6 is 0 Å². The molecule has 0 heterocycles. The van der Waals surface area contributed by atoms with Gasteiger partial charge in [0.25, 0.3) is 0 Å². The molecule has 1 aliphatic carbocycles. The minimum Gasteiger partial charge on any atom is -0.251 e. The molecule has 1 unspecified atom stereocenters. The van der Waals surface area contributed by atoms with Crippen LogP contribution in [0.5, 0.6) is 0 Å². The molecule has 0 bridgehead atoms. The summed E-state index contributed by atoms with van der Waals surface area (Å²) in [5.74, 6) is 0.444. The molecule has 0 radical (unpaired) electrons. The van der Waals surface area contributed by atoms with E-state index < -0.39 is 0 Å². The van der Waals surface area contributed by atoms with Crippen LogP contribution in [0, 0.1) is 5.92 Å². The van der Waals surface area contributed by atoms with Crippen molar-refractivity contribution in [3.63, 3.8) is 0 Å². The van der Waals surface area contributed by atoms with Crippen molar-refractivity contribution in [2.75, 3.05) is 6.67 Å². The van der Waals surface area contributed by atoms with E-state index in [1.807, 2.05) is 12.2 Å². The predicted molar refractivity (Wildman–Crippen MR) is 64.5 cm³/mol. The van der Waals surface area contributed by atoms with E-state index in [1.165, 1.54) is 5.57 Å². The van der Waals surface area contributed by atoms with Gasteiger partial charge in [-0.05, 0) is 18.4 Å². The Bertz CT molecular complexity index is 294. The van der Waals surface area contributed by atoms with Crippen LogP contribution in [0.25, 0.3) is 0 Å². The summed E-state index contributed by atoms with van der Waals surface area (Å²) in [5.41, 5.74) is 2.50. The second kappa shape index (κ2) is 6.39. The van der Waals surface area contributed by atoms with E-state index in [4.69, 9.17) is 0 Å². The zero-order valence-electron chi connectivity index (χ0n) is 9.38. The molecular formula is C14H19F. The number of rotatable bonds is 5. The minimum atomic E-state index is -0.268. The van der Waals surface area contributed by atoms with Crippen LogP contribution in [-0.4, -0.2) is 6.67 Å². The summed E-state index contributed by atoms with van der Waals surface area (Å²) >= 11 is 0.